The number of hydrogen-bond acceptors (Lipinski definition) is 2. The molecule has 0 aromatic heterocycles. The Bertz CT molecular complexity index is 3590. The van der Waals surface area contributed by atoms with E-state index in [1.807, 2.05) is 0 Å². The molecule has 314 valence electrons. The highest BCUT2D eigenvalue weighted by molar-refractivity contribution is 6.05. The Kier molecular flexibility index (Phi) is 9.11. The second-order valence-electron chi connectivity index (χ2n) is 17.5. The van der Waals surface area contributed by atoms with Gasteiger partial charge in [0, 0.05) is 22.5 Å². The number of benzene rings is 11. The van der Waals surface area contributed by atoms with Gasteiger partial charge in [0.2, 0.25) is 0 Å². The molecule has 0 saturated heterocycles. The molecule has 0 unspecified atom stereocenters. The molecule has 1 heterocycles. The summed E-state index contributed by atoms with van der Waals surface area (Å²) in [6.45, 7) is 0. The summed E-state index contributed by atoms with van der Waals surface area (Å²) in [5.74, 6) is 0. The molecule has 0 atom stereocenters. The summed E-state index contributed by atoms with van der Waals surface area (Å²) >= 11 is 0. The molecule has 0 bridgehead atoms. The first kappa shape index (κ1) is 38.7. The zero-order chi connectivity index (χ0) is 44.3. The molecule has 0 fully saturated rings. The van der Waals surface area contributed by atoms with Crippen molar-refractivity contribution in [2.75, 3.05) is 9.80 Å². The maximum absolute atomic E-state index is 2.52. The lowest BCUT2D eigenvalue weighted by Crippen LogP contribution is -2.36. The Morgan fingerprint density at radius 1 is 0.299 bits per heavy atom. The van der Waals surface area contributed by atoms with Crippen molar-refractivity contribution in [1.82, 2.24) is 0 Å². The third-order valence-corrected chi connectivity index (χ3v) is 14.1. The molecule has 1 aliphatic heterocycles. The summed E-state index contributed by atoms with van der Waals surface area (Å²) in [5.41, 5.74) is 21.0. The molecular weight excluding hydrogens is 809 g/mol. The minimum atomic E-state index is -0.594. The molecule has 67 heavy (non-hydrogen) atoms. The molecule has 0 amide bonds. The Balaban J connectivity index is 1.09. The minimum absolute atomic E-state index is 0.594. The van der Waals surface area contributed by atoms with Gasteiger partial charge in [0.1, 0.15) is 0 Å². The van der Waals surface area contributed by atoms with Crippen molar-refractivity contribution in [2.24, 2.45) is 0 Å². The maximum Gasteiger partial charge on any atom is 0.0755 e. The number of para-hydroxylation sites is 4. The van der Waals surface area contributed by atoms with Gasteiger partial charge >= 0.3 is 0 Å². The van der Waals surface area contributed by atoms with Crippen LogP contribution in [0.3, 0.4) is 0 Å². The fraction of sp³-hybridized carbons (Fsp3) is 0.0154. The average Bonchev–Trinajstić information content (AvgIpc) is 3.71. The van der Waals surface area contributed by atoms with Crippen molar-refractivity contribution >= 4 is 44.9 Å². The maximum atomic E-state index is 2.52. The smallest absolute Gasteiger partial charge is 0.0755 e. The predicted octanol–water partition coefficient (Wildman–Crippen LogP) is 17.5. The average molecular weight is 853 g/mol. The normalized spacial score (nSPS) is 12.9. The number of fused-ring (bicyclic) bond motifs is 10. The number of anilines is 6. The highest BCUT2D eigenvalue weighted by atomic mass is 15.2. The van der Waals surface area contributed by atoms with Crippen LogP contribution in [0.15, 0.2) is 267 Å². The van der Waals surface area contributed by atoms with Crippen molar-refractivity contribution in [3.8, 4) is 44.5 Å². The van der Waals surface area contributed by atoms with Crippen LogP contribution in [0.4, 0.5) is 34.1 Å². The quantitative estimate of drug-likeness (QED) is 0.158. The van der Waals surface area contributed by atoms with Gasteiger partial charge in [-0.1, -0.05) is 218 Å². The van der Waals surface area contributed by atoms with Gasteiger partial charge in [0.25, 0.3) is 0 Å². The van der Waals surface area contributed by atoms with Crippen LogP contribution >= 0.6 is 0 Å². The van der Waals surface area contributed by atoms with E-state index >= 15 is 0 Å². The van der Waals surface area contributed by atoms with Crippen LogP contribution in [0.1, 0.15) is 22.3 Å². The van der Waals surface area contributed by atoms with E-state index in [2.05, 4.69) is 277 Å². The van der Waals surface area contributed by atoms with E-state index in [4.69, 9.17) is 0 Å². The first-order chi connectivity index (χ1) is 33.3. The summed E-state index contributed by atoms with van der Waals surface area (Å²) in [5, 5.41) is 2.47. The van der Waals surface area contributed by atoms with E-state index < -0.39 is 5.41 Å². The lowest BCUT2D eigenvalue weighted by atomic mass is 9.64. The molecule has 0 saturated carbocycles. The lowest BCUT2D eigenvalue weighted by molar-refractivity contribution is 0.752. The van der Waals surface area contributed by atoms with Crippen molar-refractivity contribution in [2.45, 2.75) is 5.41 Å². The molecule has 11 aromatic carbocycles. The highest BCUT2D eigenvalue weighted by Gasteiger charge is 2.52. The van der Waals surface area contributed by atoms with Crippen LogP contribution in [0.25, 0.3) is 55.3 Å². The first-order valence-electron chi connectivity index (χ1n) is 23.2. The topological polar surface area (TPSA) is 6.48 Å². The summed E-state index contributed by atoms with van der Waals surface area (Å²) in [6.07, 6.45) is 0. The fourth-order valence-electron chi connectivity index (χ4n) is 11.3. The van der Waals surface area contributed by atoms with Crippen LogP contribution in [-0.4, -0.2) is 0 Å². The van der Waals surface area contributed by atoms with Gasteiger partial charge < -0.3 is 9.80 Å². The second kappa shape index (κ2) is 15.8. The zero-order valence-electron chi connectivity index (χ0n) is 36.8. The Morgan fingerprint density at radius 3 is 1.51 bits per heavy atom. The molecule has 1 aliphatic carbocycles. The lowest BCUT2D eigenvalue weighted by Gasteiger charge is -2.45. The van der Waals surface area contributed by atoms with Crippen LogP contribution < -0.4 is 9.80 Å². The van der Waals surface area contributed by atoms with Crippen LogP contribution in [0.5, 0.6) is 0 Å². The Hall–Kier alpha value is -8.72. The van der Waals surface area contributed by atoms with Crippen molar-refractivity contribution in [1.29, 1.82) is 0 Å². The molecule has 0 radical (unpaired) electrons. The fourth-order valence-corrected chi connectivity index (χ4v) is 11.3. The number of nitrogens with zero attached hydrogens (tertiary/aromatic N) is 2. The van der Waals surface area contributed by atoms with Crippen molar-refractivity contribution in [3.63, 3.8) is 0 Å². The standard InChI is InChI=1S/C65H44N2/c1-3-21-45(22-4-1)46-41-43-49(44-42-46)66(60-37-16-12-30-54(60)53-29-10-9-28-52(53)51-32-19-24-47-23-7-8-27-50(47)51)63-40-20-36-59-64(63)55-31-11-13-33-56(55)65(59)57-34-14-17-38-61(57)67(48-25-5-2-6-26-48)62-39-18-15-35-58(62)65/h1-44H. The van der Waals surface area contributed by atoms with E-state index in [1.54, 1.807) is 0 Å². The van der Waals surface area contributed by atoms with Crippen LogP contribution in [-0.2, 0) is 5.41 Å². The van der Waals surface area contributed by atoms with Gasteiger partial charge in [-0.3, -0.25) is 0 Å². The van der Waals surface area contributed by atoms with Gasteiger partial charge in [0.15, 0.2) is 0 Å². The van der Waals surface area contributed by atoms with Gasteiger partial charge in [-0.2, -0.15) is 0 Å². The minimum Gasteiger partial charge on any atom is -0.310 e. The molecule has 2 nitrogen and oxygen atoms in total. The molecule has 0 N–H and O–H groups in total. The molecule has 2 heteroatoms. The largest absolute Gasteiger partial charge is 0.310 e. The summed E-state index contributed by atoms with van der Waals surface area (Å²) in [4.78, 5) is 4.97. The molecule has 1 spiro atoms. The zero-order valence-corrected chi connectivity index (χ0v) is 36.8. The van der Waals surface area contributed by atoms with E-state index in [1.165, 1.54) is 83.3 Å². The van der Waals surface area contributed by atoms with Gasteiger partial charge in [-0.15, -0.1) is 0 Å². The Morgan fingerprint density at radius 2 is 0.776 bits per heavy atom. The molecular formula is C65H44N2. The molecule has 2 aliphatic rings. The van der Waals surface area contributed by atoms with E-state index in [0.29, 0.717) is 0 Å². The summed E-state index contributed by atoms with van der Waals surface area (Å²) in [6, 6.07) is 98.2. The third kappa shape index (κ3) is 5.97. The van der Waals surface area contributed by atoms with Gasteiger partial charge in [0.05, 0.1) is 28.2 Å². The predicted molar refractivity (Wildman–Crippen MR) is 280 cm³/mol. The first-order valence-corrected chi connectivity index (χ1v) is 23.2. The van der Waals surface area contributed by atoms with Gasteiger partial charge in [-0.05, 0) is 115 Å². The second-order valence-corrected chi connectivity index (χ2v) is 17.5. The summed E-state index contributed by atoms with van der Waals surface area (Å²) in [7, 11) is 0. The summed E-state index contributed by atoms with van der Waals surface area (Å²) < 4.78 is 0. The van der Waals surface area contributed by atoms with Crippen molar-refractivity contribution < 1.29 is 0 Å². The number of rotatable bonds is 7. The van der Waals surface area contributed by atoms with Crippen LogP contribution in [0.2, 0.25) is 0 Å². The number of hydrogen-bond donors (Lipinski definition) is 0. The monoisotopic (exact) mass is 852 g/mol. The van der Waals surface area contributed by atoms with E-state index in [9.17, 15) is 0 Å². The molecule has 13 rings (SSSR count). The molecule has 11 aromatic rings. The third-order valence-electron chi connectivity index (χ3n) is 14.1. The van der Waals surface area contributed by atoms with Crippen molar-refractivity contribution in [3.05, 3.63) is 289 Å². The SMILES string of the molecule is c1ccc(-c2ccc(N(c3ccccc3-c3ccccc3-c3cccc4ccccc34)c3cccc4c3-c3ccccc3C43c4ccccc4N(c4ccccc4)c4ccccc43)cc2)cc1. The van der Waals surface area contributed by atoms with E-state index in [-0.39, 0.29) is 0 Å². The van der Waals surface area contributed by atoms with E-state index in [0.717, 1.165) is 28.3 Å². The van der Waals surface area contributed by atoms with Gasteiger partial charge in [-0.25, -0.2) is 0 Å². The highest BCUT2D eigenvalue weighted by Crippen LogP contribution is 2.65. The Labute approximate surface area is 391 Å². The van der Waals surface area contributed by atoms with Crippen LogP contribution in [0, 0.1) is 0 Å².